The molecule has 0 spiro atoms. The number of carbonyl (C=O) groups is 1. The van der Waals surface area contributed by atoms with Crippen LogP contribution >= 0.6 is 11.8 Å². The first-order valence-electron chi connectivity index (χ1n) is 6.90. The van der Waals surface area contributed by atoms with Crippen LogP contribution < -0.4 is 0 Å². The largest absolute Gasteiger partial charge is 0.481 e. The van der Waals surface area contributed by atoms with Crippen LogP contribution in [0.4, 0.5) is 8.78 Å². The fourth-order valence-electron chi connectivity index (χ4n) is 2.09. The SMILES string of the molecule is O=C(O)CSc1nc(-c2ccc(F)cc2)c(-c2ccc(F)cc2)o1. The molecule has 3 aromatic rings. The minimum Gasteiger partial charge on any atom is -0.481 e. The van der Waals surface area contributed by atoms with Crippen molar-refractivity contribution in [3.8, 4) is 22.6 Å². The van der Waals surface area contributed by atoms with Crippen LogP contribution in [0.3, 0.4) is 0 Å². The highest BCUT2D eigenvalue weighted by atomic mass is 32.2. The number of carboxylic acids is 1. The summed E-state index contributed by atoms with van der Waals surface area (Å²) in [7, 11) is 0. The molecule has 1 N–H and O–H groups in total. The van der Waals surface area contributed by atoms with E-state index in [1.807, 2.05) is 0 Å². The Morgan fingerprint density at radius 3 is 2.08 bits per heavy atom. The van der Waals surface area contributed by atoms with Gasteiger partial charge in [-0.2, -0.15) is 0 Å². The Hall–Kier alpha value is -2.67. The normalized spacial score (nSPS) is 10.8. The van der Waals surface area contributed by atoms with E-state index in [4.69, 9.17) is 9.52 Å². The van der Waals surface area contributed by atoms with E-state index in [9.17, 15) is 13.6 Å². The average molecular weight is 347 g/mol. The second-order valence-corrected chi connectivity index (χ2v) is 5.78. The Labute approximate surface area is 140 Å². The summed E-state index contributed by atoms with van der Waals surface area (Å²) >= 11 is 0.934. The summed E-state index contributed by atoms with van der Waals surface area (Å²) in [6, 6.07) is 11.3. The second-order valence-electron chi connectivity index (χ2n) is 4.85. The molecule has 0 aliphatic rings. The van der Waals surface area contributed by atoms with Crippen molar-refractivity contribution in [2.24, 2.45) is 0 Å². The van der Waals surface area contributed by atoms with Gasteiger partial charge >= 0.3 is 5.97 Å². The molecule has 0 radical (unpaired) electrons. The molecule has 0 saturated heterocycles. The monoisotopic (exact) mass is 347 g/mol. The van der Waals surface area contributed by atoms with Crippen molar-refractivity contribution in [2.75, 3.05) is 5.75 Å². The summed E-state index contributed by atoms with van der Waals surface area (Å²) in [5.41, 5.74) is 1.64. The van der Waals surface area contributed by atoms with E-state index in [1.54, 1.807) is 12.1 Å². The van der Waals surface area contributed by atoms with Crippen LogP contribution in [0.2, 0.25) is 0 Å². The van der Waals surface area contributed by atoms with E-state index in [0.717, 1.165) is 11.8 Å². The van der Waals surface area contributed by atoms with Gasteiger partial charge in [0.1, 0.15) is 23.1 Å². The summed E-state index contributed by atoms with van der Waals surface area (Å²) in [6.45, 7) is 0. The smallest absolute Gasteiger partial charge is 0.314 e. The number of halogens is 2. The van der Waals surface area contributed by atoms with E-state index in [-0.39, 0.29) is 22.6 Å². The van der Waals surface area contributed by atoms with Gasteiger partial charge in [0.05, 0.1) is 0 Å². The summed E-state index contributed by atoms with van der Waals surface area (Å²) in [4.78, 5) is 15.0. The molecule has 2 aromatic carbocycles. The van der Waals surface area contributed by atoms with Crippen LogP contribution in [0, 0.1) is 11.6 Å². The van der Waals surface area contributed by atoms with E-state index >= 15 is 0 Å². The molecule has 4 nitrogen and oxygen atoms in total. The quantitative estimate of drug-likeness (QED) is 0.690. The maximum atomic E-state index is 13.1. The van der Waals surface area contributed by atoms with Gasteiger partial charge < -0.3 is 9.52 Å². The molecule has 0 bridgehead atoms. The predicted octanol–water partition coefficient (Wildman–Crippen LogP) is 4.46. The minimum absolute atomic E-state index is 0.177. The maximum Gasteiger partial charge on any atom is 0.314 e. The number of hydrogen-bond donors (Lipinski definition) is 1. The molecule has 1 aromatic heterocycles. The lowest BCUT2D eigenvalue weighted by atomic mass is 10.1. The van der Waals surface area contributed by atoms with Crippen LogP contribution in [-0.4, -0.2) is 21.8 Å². The van der Waals surface area contributed by atoms with Crippen molar-refractivity contribution >= 4 is 17.7 Å². The van der Waals surface area contributed by atoms with Gasteiger partial charge in [0, 0.05) is 11.1 Å². The number of nitrogens with zero attached hydrogens (tertiary/aromatic N) is 1. The molecule has 1 heterocycles. The fraction of sp³-hybridized carbons (Fsp3) is 0.0588. The number of hydrogen-bond acceptors (Lipinski definition) is 4. The van der Waals surface area contributed by atoms with Crippen molar-refractivity contribution in [1.82, 2.24) is 4.98 Å². The lowest BCUT2D eigenvalue weighted by Gasteiger charge is -2.01. The van der Waals surface area contributed by atoms with Gasteiger partial charge in [-0.25, -0.2) is 13.8 Å². The van der Waals surface area contributed by atoms with E-state index < -0.39 is 5.97 Å². The minimum atomic E-state index is -0.995. The summed E-state index contributed by atoms with van der Waals surface area (Å²) in [5.74, 6) is -1.60. The van der Waals surface area contributed by atoms with Gasteiger partial charge in [0.15, 0.2) is 5.76 Å². The Balaban J connectivity index is 2.05. The molecule has 0 fully saturated rings. The Morgan fingerprint density at radius 2 is 1.54 bits per heavy atom. The first-order valence-corrected chi connectivity index (χ1v) is 7.89. The van der Waals surface area contributed by atoms with Gasteiger partial charge in [-0.3, -0.25) is 4.79 Å². The first-order chi connectivity index (χ1) is 11.5. The van der Waals surface area contributed by atoms with E-state index in [1.165, 1.54) is 36.4 Å². The number of aromatic nitrogens is 1. The number of rotatable bonds is 5. The second kappa shape index (κ2) is 6.84. The third kappa shape index (κ3) is 3.62. The molecule has 7 heteroatoms. The highest BCUT2D eigenvalue weighted by Gasteiger charge is 2.18. The van der Waals surface area contributed by atoms with Crippen LogP contribution in [-0.2, 0) is 4.79 Å². The van der Waals surface area contributed by atoms with Gasteiger partial charge in [-0.15, -0.1) is 0 Å². The number of benzene rings is 2. The van der Waals surface area contributed by atoms with Crippen molar-refractivity contribution in [1.29, 1.82) is 0 Å². The number of aliphatic carboxylic acids is 1. The molecule has 0 saturated carbocycles. The van der Waals surface area contributed by atoms with Gasteiger partial charge in [0.25, 0.3) is 5.22 Å². The summed E-state index contributed by atoms with van der Waals surface area (Å²) in [6.07, 6.45) is 0. The van der Waals surface area contributed by atoms with Crippen LogP contribution in [0.1, 0.15) is 0 Å². The number of thioether (sulfide) groups is 1. The van der Waals surface area contributed by atoms with E-state index in [0.29, 0.717) is 22.6 Å². The van der Waals surface area contributed by atoms with Crippen molar-refractivity contribution < 1.29 is 23.1 Å². The molecule has 0 aliphatic heterocycles. The zero-order valence-corrected chi connectivity index (χ0v) is 13.0. The molecular weight excluding hydrogens is 336 g/mol. The van der Waals surface area contributed by atoms with Crippen molar-refractivity contribution in [3.05, 3.63) is 60.2 Å². The third-order valence-electron chi connectivity index (χ3n) is 3.15. The Kier molecular flexibility index (Phi) is 4.61. The molecule has 3 rings (SSSR count). The predicted molar refractivity (Wildman–Crippen MR) is 85.7 cm³/mol. The Morgan fingerprint density at radius 1 is 1.00 bits per heavy atom. The topological polar surface area (TPSA) is 63.3 Å². The zero-order chi connectivity index (χ0) is 17.1. The third-order valence-corrected chi connectivity index (χ3v) is 3.96. The molecule has 0 unspecified atom stereocenters. The number of oxazole rings is 1. The standard InChI is InChI=1S/C17H11F2NO3S/c18-12-5-1-10(2-6-12)15-16(11-3-7-13(19)8-4-11)23-17(20-15)24-9-14(21)22/h1-8H,9H2,(H,21,22). The highest BCUT2D eigenvalue weighted by molar-refractivity contribution is 7.99. The average Bonchev–Trinajstić information content (AvgIpc) is 2.98. The zero-order valence-electron chi connectivity index (χ0n) is 12.2. The highest BCUT2D eigenvalue weighted by Crippen LogP contribution is 2.35. The molecule has 24 heavy (non-hydrogen) atoms. The van der Waals surface area contributed by atoms with Crippen LogP contribution in [0.25, 0.3) is 22.6 Å². The van der Waals surface area contributed by atoms with Crippen LogP contribution in [0.15, 0.2) is 58.2 Å². The van der Waals surface area contributed by atoms with Crippen LogP contribution in [0.5, 0.6) is 0 Å². The van der Waals surface area contributed by atoms with Crippen molar-refractivity contribution in [3.63, 3.8) is 0 Å². The summed E-state index contributed by atoms with van der Waals surface area (Å²) < 4.78 is 31.9. The molecule has 0 amide bonds. The summed E-state index contributed by atoms with van der Waals surface area (Å²) in [5, 5.41) is 8.95. The van der Waals surface area contributed by atoms with Gasteiger partial charge in [-0.1, -0.05) is 11.8 Å². The molecular formula is C17H11F2NO3S. The van der Waals surface area contributed by atoms with E-state index in [2.05, 4.69) is 4.98 Å². The number of carboxylic acid groups (broad SMARTS) is 1. The van der Waals surface area contributed by atoms with Crippen molar-refractivity contribution in [2.45, 2.75) is 5.22 Å². The molecule has 0 aliphatic carbocycles. The van der Waals surface area contributed by atoms with Gasteiger partial charge in [-0.05, 0) is 48.5 Å². The lowest BCUT2D eigenvalue weighted by molar-refractivity contribution is -0.133. The first kappa shape index (κ1) is 16.2. The molecule has 0 atom stereocenters. The fourth-order valence-corrected chi connectivity index (χ4v) is 2.63. The lowest BCUT2D eigenvalue weighted by Crippen LogP contribution is -1.97. The maximum absolute atomic E-state index is 13.1. The molecule has 122 valence electrons. The van der Waals surface area contributed by atoms with Gasteiger partial charge in [0.2, 0.25) is 0 Å². The Bertz CT molecular complexity index is 798.